The van der Waals surface area contributed by atoms with Gasteiger partial charge in [-0.05, 0) is 55.9 Å². The quantitative estimate of drug-likeness (QED) is 0.832. The summed E-state index contributed by atoms with van der Waals surface area (Å²) in [7, 11) is 0. The molecule has 0 unspecified atom stereocenters. The van der Waals surface area contributed by atoms with E-state index in [0.717, 1.165) is 17.0 Å². The van der Waals surface area contributed by atoms with Gasteiger partial charge >= 0.3 is 0 Å². The van der Waals surface area contributed by atoms with Gasteiger partial charge in [0.25, 0.3) is 5.56 Å². The molecule has 0 amide bonds. The predicted octanol–water partition coefficient (Wildman–Crippen LogP) is 3.36. The lowest BCUT2D eigenvalue weighted by molar-refractivity contribution is 0.432. The number of aromatic amines is 1. The molecular weight excluding hydrogens is 310 g/mol. The molecule has 2 N–H and O–H groups in total. The standard InChI is InChI=1S/C17H15N3O2S/c1-10-8-12(11(2)18-10)9-14-15(21)19-17(23)20(16(14)22)13-6-4-3-5-7-13/h3-9,22H,1-2H3,(H,19,21,23). The highest BCUT2D eigenvalue weighted by atomic mass is 32.1. The van der Waals surface area contributed by atoms with E-state index in [1.54, 1.807) is 18.2 Å². The van der Waals surface area contributed by atoms with E-state index in [-0.39, 0.29) is 16.2 Å². The minimum atomic E-state index is -0.432. The Morgan fingerprint density at radius 1 is 1.26 bits per heavy atom. The zero-order chi connectivity index (χ0) is 16.6. The average molecular weight is 325 g/mol. The van der Waals surface area contributed by atoms with Crippen LogP contribution in [-0.4, -0.2) is 20.4 Å². The number of H-pyrrole nitrogens is 1. The van der Waals surface area contributed by atoms with Crippen LogP contribution in [0.25, 0.3) is 11.8 Å². The molecule has 0 saturated carbocycles. The number of rotatable bonds is 2. The number of para-hydroxylation sites is 1. The second-order valence-electron chi connectivity index (χ2n) is 5.25. The molecule has 1 aromatic heterocycles. The number of aromatic nitrogens is 2. The van der Waals surface area contributed by atoms with Crippen LogP contribution in [0.1, 0.15) is 19.4 Å². The molecule has 0 radical (unpaired) electrons. The van der Waals surface area contributed by atoms with Crippen LogP contribution in [0.3, 0.4) is 0 Å². The molecule has 0 fully saturated rings. The second kappa shape index (κ2) is 5.81. The van der Waals surface area contributed by atoms with Gasteiger partial charge in [-0.25, -0.2) is 0 Å². The monoisotopic (exact) mass is 325 g/mol. The molecule has 2 aromatic rings. The first-order valence-electron chi connectivity index (χ1n) is 7.07. The normalized spacial score (nSPS) is 15.7. The largest absolute Gasteiger partial charge is 0.494 e. The zero-order valence-electron chi connectivity index (χ0n) is 12.7. The first-order chi connectivity index (χ1) is 11.0. The number of benzene rings is 1. The molecule has 0 atom stereocenters. The number of nitrogens with zero attached hydrogens (tertiary/aromatic N) is 2. The number of nitrogens with one attached hydrogen (secondary N) is 1. The van der Waals surface area contributed by atoms with Crippen molar-refractivity contribution >= 4 is 24.0 Å². The maximum Gasteiger partial charge on any atom is 0.262 e. The SMILES string of the molecule is CC1=CC(=Cc2c(O)n(-c3ccccc3)c(=S)[nH]c2=O)C(C)=N1. The van der Waals surface area contributed by atoms with Gasteiger partial charge < -0.3 is 5.11 Å². The molecular formula is C17H15N3O2S. The number of allylic oxidation sites excluding steroid dienone is 3. The fourth-order valence-corrected chi connectivity index (χ4v) is 2.76. The van der Waals surface area contributed by atoms with Crippen molar-refractivity contribution < 1.29 is 5.11 Å². The van der Waals surface area contributed by atoms with Gasteiger partial charge in [-0.2, -0.15) is 0 Å². The number of aliphatic imine (C=N–C) groups is 1. The van der Waals surface area contributed by atoms with Crippen LogP contribution >= 0.6 is 12.2 Å². The van der Waals surface area contributed by atoms with E-state index in [2.05, 4.69) is 9.98 Å². The van der Waals surface area contributed by atoms with Crippen molar-refractivity contribution in [2.24, 2.45) is 4.99 Å². The molecule has 0 saturated heterocycles. The Bertz CT molecular complexity index is 979. The van der Waals surface area contributed by atoms with Crippen LogP contribution in [0.2, 0.25) is 0 Å². The molecule has 0 spiro atoms. The van der Waals surface area contributed by atoms with Crippen molar-refractivity contribution in [2.45, 2.75) is 13.8 Å². The van der Waals surface area contributed by atoms with E-state index in [0.29, 0.717) is 5.69 Å². The van der Waals surface area contributed by atoms with Crippen molar-refractivity contribution in [3.63, 3.8) is 0 Å². The van der Waals surface area contributed by atoms with E-state index in [1.807, 2.05) is 38.1 Å². The minimum absolute atomic E-state index is 0.143. The van der Waals surface area contributed by atoms with Crippen molar-refractivity contribution in [1.29, 1.82) is 0 Å². The third kappa shape index (κ3) is 2.80. The summed E-state index contributed by atoms with van der Waals surface area (Å²) in [5, 5.41) is 10.6. The van der Waals surface area contributed by atoms with E-state index in [1.165, 1.54) is 4.57 Å². The third-order valence-electron chi connectivity index (χ3n) is 3.56. The van der Waals surface area contributed by atoms with Crippen LogP contribution in [0.4, 0.5) is 0 Å². The molecule has 23 heavy (non-hydrogen) atoms. The van der Waals surface area contributed by atoms with Gasteiger partial charge in [-0.15, -0.1) is 0 Å². The Morgan fingerprint density at radius 2 is 1.96 bits per heavy atom. The van der Waals surface area contributed by atoms with Gasteiger partial charge in [0.15, 0.2) is 4.77 Å². The van der Waals surface area contributed by atoms with E-state index >= 15 is 0 Å². The maximum atomic E-state index is 12.2. The van der Waals surface area contributed by atoms with Gasteiger partial charge in [-0.3, -0.25) is 19.3 Å². The summed E-state index contributed by atoms with van der Waals surface area (Å²) >= 11 is 5.18. The highest BCUT2D eigenvalue weighted by Crippen LogP contribution is 2.24. The van der Waals surface area contributed by atoms with Gasteiger partial charge in [0.1, 0.15) is 5.56 Å². The molecule has 0 bridgehead atoms. The van der Waals surface area contributed by atoms with Crippen LogP contribution in [0.15, 0.2) is 57.5 Å². The lowest BCUT2D eigenvalue weighted by atomic mass is 10.1. The lowest BCUT2D eigenvalue weighted by Gasteiger charge is -2.11. The van der Waals surface area contributed by atoms with Crippen molar-refractivity contribution in [1.82, 2.24) is 9.55 Å². The smallest absolute Gasteiger partial charge is 0.262 e. The summed E-state index contributed by atoms with van der Waals surface area (Å²) in [5.74, 6) is -0.191. The Balaban J connectivity index is 2.25. The molecule has 1 aliphatic heterocycles. The Hall–Kier alpha value is -2.73. The number of hydrogen-bond donors (Lipinski definition) is 2. The van der Waals surface area contributed by atoms with E-state index < -0.39 is 5.56 Å². The predicted molar refractivity (Wildman–Crippen MR) is 93.7 cm³/mol. The summed E-state index contributed by atoms with van der Waals surface area (Å²) in [6, 6.07) is 9.14. The first kappa shape index (κ1) is 15.2. The lowest BCUT2D eigenvalue weighted by Crippen LogP contribution is -2.16. The maximum absolute atomic E-state index is 12.2. The summed E-state index contributed by atoms with van der Waals surface area (Å²) in [4.78, 5) is 19.1. The molecule has 3 rings (SSSR count). The third-order valence-corrected chi connectivity index (χ3v) is 3.85. The zero-order valence-corrected chi connectivity index (χ0v) is 13.5. The molecule has 116 valence electrons. The van der Waals surface area contributed by atoms with Crippen molar-refractivity contribution in [3.8, 4) is 11.6 Å². The molecule has 1 aliphatic rings. The van der Waals surface area contributed by atoms with Gasteiger partial charge in [0, 0.05) is 11.4 Å². The fourth-order valence-electron chi connectivity index (χ4n) is 2.48. The summed E-state index contributed by atoms with van der Waals surface area (Å²) in [5.41, 5.74) is 2.85. The van der Waals surface area contributed by atoms with Crippen LogP contribution in [-0.2, 0) is 0 Å². The summed E-state index contributed by atoms with van der Waals surface area (Å²) in [6.45, 7) is 3.74. The summed E-state index contributed by atoms with van der Waals surface area (Å²) in [6.07, 6.45) is 3.49. The Morgan fingerprint density at radius 3 is 2.57 bits per heavy atom. The van der Waals surface area contributed by atoms with Crippen LogP contribution < -0.4 is 5.56 Å². The van der Waals surface area contributed by atoms with E-state index in [9.17, 15) is 9.90 Å². The molecule has 2 heterocycles. The Labute approximate surface area is 138 Å². The molecule has 5 nitrogen and oxygen atoms in total. The first-order valence-corrected chi connectivity index (χ1v) is 7.47. The highest BCUT2D eigenvalue weighted by Gasteiger charge is 2.15. The second-order valence-corrected chi connectivity index (χ2v) is 5.64. The van der Waals surface area contributed by atoms with E-state index in [4.69, 9.17) is 12.2 Å². The van der Waals surface area contributed by atoms with Crippen molar-refractivity contribution in [2.75, 3.05) is 0 Å². The average Bonchev–Trinajstić information content (AvgIpc) is 2.82. The molecule has 6 heteroatoms. The minimum Gasteiger partial charge on any atom is -0.494 e. The summed E-state index contributed by atoms with van der Waals surface area (Å²) < 4.78 is 1.57. The van der Waals surface area contributed by atoms with Crippen LogP contribution in [0.5, 0.6) is 5.88 Å². The highest BCUT2D eigenvalue weighted by molar-refractivity contribution is 7.71. The van der Waals surface area contributed by atoms with Gasteiger partial charge in [0.05, 0.1) is 5.69 Å². The van der Waals surface area contributed by atoms with Crippen molar-refractivity contribution in [3.05, 3.63) is 68.4 Å². The molecule has 0 aliphatic carbocycles. The number of aromatic hydroxyl groups is 1. The Kier molecular flexibility index (Phi) is 3.83. The van der Waals surface area contributed by atoms with Gasteiger partial charge in [-0.1, -0.05) is 18.2 Å². The fraction of sp³-hybridized carbons (Fsp3) is 0.118. The topological polar surface area (TPSA) is 70.4 Å². The molecule has 1 aromatic carbocycles. The van der Waals surface area contributed by atoms with Crippen LogP contribution in [0, 0.1) is 4.77 Å². The van der Waals surface area contributed by atoms with Gasteiger partial charge in [0.2, 0.25) is 5.88 Å². The number of hydrogen-bond acceptors (Lipinski definition) is 4.